The Morgan fingerprint density at radius 3 is 2.69 bits per heavy atom. The molecule has 0 radical (unpaired) electrons. The monoisotopic (exact) mass is 177 g/mol. The lowest BCUT2D eigenvalue weighted by Crippen LogP contribution is -2.02. The zero-order valence-corrected chi connectivity index (χ0v) is 6.61. The largest absolute Gasteiger partial charge is 0.508 e. The average molecular weight is 177 g/mol. The number of H-pyrrole nitrogens is 1. The minimum atomic E-state index is -0.284. The molecule has 0 saturated heterocycles. The molecule has 0 aliphatic carbocycles. The van der Waals surface area contributed by atoms with E-state index in [1.54, 1.807) is 0 Å². The second-order valence-corrected chi connectivity index (χ2v) is 2.75. The Labute approximate surface area is 73.1 Å². The standard InChI is InChI=1S/C9H7NO3/c11-6-3-5-1-2-8(13)10-9(5)7(12)4-6/h1-4,11-12H,(H,10,13). The number of hydrogen-bond acceptors (Lipinski definition) is 3. The number of phenolic OH excluding ortho intramolecular Hbond substituents is 2. The smallest absolute Gasteiger partial charge is 0.248 e. The number of fused-ring (bicyclic) bond motifs is 1. The Bertz CT molecular complexity index is 516. The van der Waals surface area contributed by atoms with Gasteiger partial charge in [-0.2, -0.15) is 0 Å². The van der Waals surface area contributed by atoms with Crippen LogP contribution in [0.1, 0.15) is 0 Å². The van der Waals surface area contributed by atoms with Gasteiger partial charge in [0, 0.05) is 17.5 Å². The van der Waals surface area contributed by atoms with Gasteiger partial charge < -0.3 is 15.2 Å². The summed E-state index contributed by atoms with van der Waals surface area (Å²) in [5, 5.41) is 19.1. The van der Waals surface area contributed by atoms with Gasteiger partial charge in [0.15, 0.2) is 0 Å². The molecule has 1 heterocycles. The zero-order chi connectivity index (χ0) is 9.42. The van der Waals surface area contributed by atoms with Crippen LogP contribution >= 0.6 is 0 Å². The van der Waals surface area contributed by atoms with Crippen LogP contribution in [0, 0.1) is 0 Å². The summed E-state index contributed by atoms with van der Waals surface area (Å²) in [4.78, 5) is 13.4. The molecule has 0 spiro atoms. The lowest BCUT2D eigenvalue weighted by atomic mass is 10.2. The molecule has 0 unspecified atom stereocenters. The molecule has 4 heteroatoms. The van der Waals surface area contributed by atoms with Gasteiger partial charge in [0.05, 0.1) is 5.52 Å². The van der Waals surface area contributed by atoms with Crippen LogP contribution in [0.25, 0.3) is 10.9 Å². The van der Waals surface area contributed by atoms with Crippen molar-refractivity contribution in [3.63, 3.8) is 0 Å². The molecule has 66 valence electrons. The molecule has 1 aromatic carbocycles. The summed E-state index contributed by atoms with van der Waals surface area (Å²) in [6.07, 6.45) is 0. The minimum Gasteiger partial charge on any atom is -0.508 e. The van der Waals surface area contributed by atoms with Gasteiger partial charge in [0.2, 0.25) is 5.56 Å². The van der Waals surface area contributed by atoms with Gasteiger partial charge in [-0.3, -0.25) is 4.79 Å². The fourth-order valence-electron chi connectivity index (χ4n) is 1.23. The third-order valence-electron chi connectivity index (χ3n) is 1.80. The van der Waals surface area contributed by atoms with E-state index in [1.165, 1.54) is 24.3 Å². The van der Waals surface area contributed by atoms with Crippen molar-refractivity contribution in [2.24, 2.45) is 0 Å². The van der Waals surface area contributed by atoms with E-state index in [9.17, 15) is 9.90 Å². The van der Waals surface area contributed by atoms with Gasteiger partial charge in [-0.15, -0.1) is 0 Å². The molecule has 1 aromatic heterocycles. The van der Waals surface area contributed by atoms with E-state index in [1.807, 2.05) is 0 Å². The maximum Gasteiger partial charge on any atom is 0.248 e. The van der Waals surface area contributed by atoms with Crippen molar-refractivity contribution in [1.82, 2.24) is 4.98 Å². The molecule has 0 saturated carbocycles. The Kier molecular flexibility index (Phi) is 1.48. The summed E-state index contributed by atoms with van der Waals surface area (Å²) in [6, 6.07) is 5.51. The lowest BCUT2D eigenvalue weighted by Gasteiger charge is -2.00. The third kappa shape index (κ3) is 1.22. The predicted octanol–water partition coefficient (Wildman–Crippen LogP) is 0.939. The summed E-state index contributed by atoms with van der Waals surface area (Å²) in [5.74, 6) is -0.162. The number of rotatable bonds is 0. The molecule has 2 rings (SSSR count). The first-order chi connectivity index (χ1) is 6.16. The van der Waals surface area contributed by atoms with Gasteiger partial charge >= 0.3 is 0 Å². The van der Waals surface area contributed by atoms with Crippen molar-refractivity contribution in [2.45, 2.75) is 0 Å². The van der Waals surface area contributed by atoms with E-state index in [0.29, 0.717) is 10.9 Å². The summed E-state index contributed by atoms with van der Waals surface area (Å²) in [7, 11) is 0. The number of nitrogens with one attached hydrogen (secondary N) is 1. The Morgan fingerprint density at radius 2 is 1.92 bits per heavy atom. The lowest BCUT2D eigenvalue weighted by molar-refractivity contribution is 0.454. The van der Waals surface area contributed by atoms with Gasteiger partial charge in [0.1, 0.15) is 11.5 Å². The van der Waals surface area contributed by atoms with E-state index in [4.69, 9.17) is 5.11 Å². The second-order valence-electron chi connectivity index (χ2n) is 2.75. The van der Waals surface area contributed by atoms with Gasteiger partial charge in [-0.1, -0.05) is 0 Å². The van der Waals surface area contributed by atoms with Crippen LogP contribution in [0.4, 0.5) is 0 Å². The van der Waals surface area contributed by atoms with E-state index in [2.05, 4.69) is 4.98 Å². The molecule has 13 heavy (non-hydrogen) atoms. The van der Waals surface area contributed by atoms with E-state index in [-0.39, 0.29) is 17.1 Å². The quantitative estimate of drug-likeness (QED) is 0.560. The van der Waals surface area contributed by atoms with Crippen LogP contribution in [0.3, 0.4) is 0 Å². The molecule has 0 bridgehead atoms. The maximum absolute atomic E-state index is 10.9. The molecule has 3 N–H and O–H groups in total. The Balaban J connectivity index is 2.95. The molecule has 2 aromatic rings. The molecule has 0 amide bonds. The minimum absolute atomic E-state index is 0.0305. The molecule has 0 aliphatic heterocycles. The first kappa shape index (κ1) is 7.67. The molecular formula is C9H7NO3. The molecule has 0 atom stereocenters. The summed E-state index contributed by atoms with van der Waals surface area (Å²) < 4.78 is 0. The van der Waals surface area contributed by atoms with E-state index < -0.39 is 0 Å². The first-order valence-corrected chi connectivity index (χ1v) is 3.72. The highest BCUT2D eigenvalue weighted by Crippen LogP contribution is 2.26. The fourth-order valence-corrected chi connectivity index (χ4v) is 1.23. The third-order valence-corrected chi connectivity index (χ3v) is 1.80. The highest BCUT2D eigenvalue weighted by Gasteiger charge is 2.02. The van der Waals surface area contributed by atoms with Crippen LogP contribution in [-0.4, -0.2) is 15.2 Å². The Hall–Kier alpha value is -1.97. The van der Waals surface area contributed by atoms with Crippen LogP contribution in [-0.2, 0) is 0 Å². The number of phenols is 2. The number of benzene rings is 1. The van der Waals surface area contributed by atoms with Gasteiger partial charge in [-0.25, -0.2) is 0 Å². The van der Waals surface area contributed by atoms with E-state index in [0.717, 1.165) is 0 Å². The number of aromatic amines is 1. The second kappa shape index (κ2) is 2.52. The van der Waals surface area contributed by atoms with Crippen molar-refractivity contribution in [3.05, 3.63) is 34.6 Å². The van der Waals surface area contributed by atoms with Crippen molar-refractivity contribution < 1.29 is 10.2 Å². The number of pyridine rings is 1. The molecule has 0 aliphatic rings. The predicted molar refractivity (Wildman–Crippen MR) is 47.9 cm³/mol. The summed E-state index contributed by atoms with van der Waals surface area (Å²) >= 11 is 0. The number of hydrogen-bond donors (Lipinski definition) is 3. The number of aromatic nitrogens is 1. The van der Waals surface area contributed by atoms with Crippen LogP contribution in [0.5, 0.6) is 11.5 Å². The van der Waals surface area contributed by atoms with Crippen molar-refractivity contribution in [1.29, 1.82) is 0 Å². The van der Waals surface area contributed by atoms with Gasteiger partial charge in [0.25, 0.3) is 0 Å². The highest BCUT2D eigenvalue weighted by atomic mass is 16.3. The number of aromatic hydroxyl groups is 2. The van der Waals surface area contributed by atoms with Crippen molar-refractivity contribution in [2.75, 3.05) is 0 Å². The first-order valence-electron chi connectivity index (χ1n) is 3.72. The SMILES string of the molecule is O=c1ccc2cc(O)cc(O)c2[nH]1. The van der Waals surface area contributed by atoms with Crippen molar-refractivity contribution in [3.8, 4) is 11.5 Å². The summed E-state index contributed by atoms with van der Waals surface area (Å²) in [6.45, 7) is 0. The molecule has 0 fully saturated rings. The maximum atomic E-state index is 10.9. The van der Waals surface area contributed by atoms with Gasteiger partial charge in [-0.05, 0) is 12.1 Å². The van der Waals surface area contributed by atoms with Crippen LogP contribution in [0.15, 0.2) is 29.1 Å². The fraction of sp³-hybridized carbons (Fsp3) is 0. The highest BCUT2D eigenvalue weighted by molar-refractivity contribution is 5.85. The normalized spacial score (nSPS) is 10.5. The van der Waals surface area contributed by atoms with E-state index >= 15 is 0 Å². The van der Waals surface area contributed by atoms with Crippen LogP contribution in [0.2, 0.25) is 0 Å². The topological polar surface area (TPSA) is 73.3 Å². The average Bonchev–Trinajstić information content (AvgIpc) is 2.06. The molecular weight excluding hydrogens is 170 g/mol. The Morgan fingerprint density at radius 1 is 1.15 bits per heavy atom. The zero-order valence-electron chi connectivity index (χ0n) is 6.61. The van der Waals surface area contributed by atoms with Crippen molar-refractivity contribution >= 4 is 10.9 Å². The summed E-state index contributed by atoms with van der Waals surface area (Å²) in [5.41, 5.74) is 0.0544. The molecule has 4 nitrogen and oxygen atoms in total. The van der Waals surface area contributed by atoms with Crippen LogP contribution < -0.4 is 5.56 Å².